The average Bonchev–Trinajstić information content (AvgIpc) is 3.11. The quantitative estimate of drug-likeness (QED) is 0.735. The Morgan fingerprint density at radius 1 is 1.42 bits per heavy atom. The Morgan fingerprint density at radius 2 is 2.25 bits per heavy atom. The number of nitrogens with one attached hydrogen (secondary N) is 1. The third kappa shape index (κ3) is 3.14. The maximum Gasteiger partial charge on any atom is 0.277 e. The van der Waals surface area contributed by atoms with Gasteiger partial charge in [-0.25, -0.2) is 9.07 Å². The van der Waals surface area contributed by atoms with Crippen LogP contribution in [0.15, 0.2) is 41.5 Å². The zero-order valence-electron chi connectivity index (χ0n) is 12.9. The Balaban J connectivity index is 1.67. The summed E-state index contributed by atoms with van der Waals surface area (Å²) in [4.78, 5) is 24.3. The third-order valence-corrected chi connectivity index (χ3v) is 3.61. The number of hydrogen-bond donors (Lipinski definition) is 1. The van der Waals surface area contributed by atoms with Crippen molar-refractivity contribution in [2.24, 2.45) is 0 Å². The van der Waals surface area contributed by atoms with Crippen LogP contribution in [0.2, 0.25) is 0 Å². The SMILES string of the molecule is CC(C(=O)NCCn1nnc2ccc(F)cc2c1=O)n1cccn1. The lowest BCUT2D eigenvalue weighted by Crippen LogP contribution is -2.36. The van der Waals surface area contributed by atoms with Gasteiger partial charge in [0.05, 0.1) is 11.9 Å². The predicted molar refractivity (Wildman–Crippen MR) is 83.7 cm³/mol. The summed E-state index contributed by atoms with van der Waals surface area (Å²) in [5.41, 5.74) is -0.122. The molecule has 0 bridgehead atoms. The molecule has 2 heterocycles. The second kappa shape index (κ2) is 6.57. The Hall–Kier alpha value is -3.10. The van der Waals surface area contributed by atoms with Gasteiger partial charge in [-0.15, -0.1) is 5.10 Å². The van der Waals surface area contributed by atoms with Crippen LogP contribution in [-0.4, -0.2) is 37.2 Å². The molecule has 0 aliphatic carbocycles. The van der Waals surface area contributed by atoms with Crippen molar-refractivity contribution in [1.82, 2.24) is 30.1 Å². The van der Waals surface area contributed by atoms with E-state index < -0.39 is 17.4 Å². The van der Waals surface area contributed by atoms with E-state index in [2.05, 4.69) is 20.7 Å². The molecule has 2 aromatic heterocycles. The van der Waals surface area contributed by atoms with Crippen LogP contribution in [0, 0.1) is 5.82 Å². The van der Waals surface area contributed by atoms with Gasteiger partial charge >= 0.3 is 0 Å². The summed E-state index contributed by atoms with van der Waals surface area (Å²) in [5, 5.41) is 14.5. The lowest BCUT2D eigenvalue weighted by molar-refractivity contribution is -0.124. The molecule has 3 rings (SSSR count). The van der Waals surface area contributed by atoms with Crippen LogP contribution in [0.5, 0.6) is 0 Å². The van der Waals surface area contributed by atoms with Crippen molar-refractivity contribution in [1.29, 1.82) is 0 Å². The highest BCUT2D eigenvalue weighted by atomic mass is 19.1. The molecule has 1 aromatic carbocycles. The minimum Gasteiger partial charge on any atom is -0.352 e. The number of fused-ring (bicyclic) bond motifs is 1. The number of carbonyl (C=O) groups excluding carboxylic acids is 1. The molecule has 0 fully saturated rings. The minimum absolute atomic E-state index is 0.135. The van der Waals surface area contributed by atoms with E-state index in [1.807, 2.05) is 0 Å². The molecule has 1 atom stereocenters. The van der Waals surface area contributed by atoms with Gasteiger partial charge in [-0.1, -0.05) is 5.21 Å². The summed E-state index contributed by atoms with van der Waals surface area (Å²) in [6.45, 7) is 2.04. The Kier molecular flexibility index (Phi) is 4.32. The average molecular weight is 330 g/mol. The smallest absolute Gasteiger partial charge is 0.277 e. The molecule has 3 aromatic rings. The van der Waals surface area contributed by atoms with E-state index in [1.165, 1.54) is 16.8 Å². The summed E-state index contributed by atoms with van der Waals surface area (Å²) in [7, 11) is 0. The van der Waals surface area contributed by atoms with Gasteiger partial charge in [0.1, 0.15) is 17.4 Å². The highest BCUT2D eigenvalue weighted by molar-refractivity contribution is 5.79. The highest BCUT2D eigenvalue weighted by Crippen LogP contribution is 2.07. The fourth-order valence-corrected chi connectivity index (χ4v) is 2.26. The molecule has 1 N–H and O–H groups in total. The van der Waals surface area contributed by atoms with Gasteiger partial charge in [0.2, 0.25) is 5.91 Å². The first-order valence-electron chi connectivity index (χ1n) is 7.36. The number of benzene rings is 1. The van der Waals surface area contributed by atoms with Crippen LogP contribution in [-0.2, 0) is 11.3 Å². The number of aromatic nitrogens is 5. The van der Waals surface area contributed by atoms with Crippen LogP contribution in [0.25, 0.3) is 10.9 Å². The Bertz CT molecular complexity index is 921. The van der Waals surface area contributed by atoms with Crippen molar-refractivity contribution < 1.29 is 9.18 Å². The summed E-state index contributed by atoms with van der Waals surface area (Å²) < 4.78 is 15.9. The van der Waals surface area contributed by atoms with E-state index in [9.17, 15) is 14.0 Å². The monoisotopic (exact) mass is 330 g/mol. The number of hydrogen-bond acceptors (Lipinski definition) is 5. The van der Waals surface area contributed by atoms with Gasteiger partial charge in [0, 0.05) is 18.9 Å². The molecule has 0 aliphatic rings. The van der Waals surface area contributed by atoms with Crippen molar-refractivity contribution >= 4 is 16.8 Å². The molecule has 8 nitrogen and oxygen atoms in total. The normalized spacial score (nSPS) is 12.2. The molecular formula is C15H15FN6O2. The number of rotatable bonds is 5. The summed E-state index contributed by atoms with van der Waals surface area (Å²) in [6, 6.07) is 5.01. The molecule has 124 valence electrons. The zero-order chi connectivity index (χ0) is 17.1. The van der Waals surface area contributed by atoms with E-state index in [1.54, 1.807) is 25.4 Å². The minimum atomic E-state index is -0.513. The highest BCUT2D eigenvalue weighted by Gasteiger charge is 2.14. The first-order valence-corrected chi connectivity index (χ1v) is 7.36. The first kappa shape index (κ1) is 15.8. The molecule has 1 amide bonds. The zero-order valence-corrected chi connectivity index (χ0v) is 12.9. The number of carbonyl (C=O) groups is 1. The first-order chi connectivity index (χ1) is 11.6. The van der Waals surface area contributed by atoms with Gasteiger partial charge in [0.15, 0.2) is 0 Å². The Morgan fingerprint density at radius 3 is 3.00 bits per heavy atom. The molecule has 0 saturated heterocycles. The number of halogens is 1. The van der Waals surface area contributed by atoms with Crippen molar-refractivity contribution in [3.63, 3.8) is 0 Å². The third-order valence-electron chi connectivity index (χ3n) is 3.61. The maximum absolute atomic E-state index is 13.3. The number of amides is 1. The fraction of sp³-hybridized carbons (Fsp3) is 0.267. The predicted octanol–water partition coefficient (Wildman–Crippen LogP) is 0.504. The van der Waals surface area contributed by atoms with Crippen molar-refractivity contribution in [3.05, 3.63) is 52.8 Å². The second-order valence-corrected chi connectivity index (χ2v) is 5.23. The van der Waals surface area contributed by atoms with Gasteiger partial charge < -0.3 is 5.32 Å². The maximum atomic E-state index is 13.3. The van der Waals surface area contributed by atoms with Crippen LogP contribution in [0.1, 0.15) is 13.0 Å². The van der Waals surface area contributed by atoms with Gasteiger partial charge in [0.25, 0.3) is 5.56 Å². The molecule has 0 aliphatic heterocycles. The van der Waals surface area contributed by atoms with Crippen LogP contribution in [0.3, 0.4) is 0 Å². The topological polar surface area (TPSA) is 94.7 Å². The lowest BCUT2D eigenvalue weighted by atomic mass is 10.2. The molecular weight excluding hydrogens is 315 g/mol. The van der Waals surface area contributed by atoms with E-state index >= 15 is 0 Å². The van der Waals surface area contributed by atoms with E-state index in [0.717, 1.165) is 10.7 Å². The van der Waals surface area contributed by atoms with Crippen LogP contribution < -0.4 is 10.9 Å². The fourth-order valence-electron chi connectivity index (χ4n) is 2.26. The molecule has 9 heteroatoms. The second-order valence-electron chi connectivity index (χ2n) is 5.23. The van der Waals surface area contributed by atoms with E-state index in [0.29, 0.717) is 5.52 Å². The molecule has 0 saturated carbocycles. The summed E-state index contributed by atoms with van der Waals surface area (Å²) >= 11 is 0. The van der Waals surface area contributed by atoms with Crippen molar-refractivity contribution in [3.8, 4) is 0 Å². The van der Waals surface area contributed by atoms with E-state index in [-0.39, 0.29) is 24.4 Å². The van der Waals surface area contributed by atoms with Gasteiger partial charge in [-0.2, -0.15) is 5.10 Å². The van der Waals surface area contributed by atoms with Crippen LogP contribution >= 0.6 is 0 Å². The molecule has 0 spiro atoms. The van der Waals surface area contributed by atoms with E-state index in [4.69, 9.17) is 0 Å². The largest absolute Gasteiger partial charge is 0.352 e. The van der Waals surface area contributed by atoms with Crippen LogP contribution in [0.4, 0.5) is 4.39 Å². The van der Waals surface area contributed by atoms with Crippen molar-refractivity contribution in [2.75, 3.05) is 6.54 Å². The standard InChI is InChI=1S/C15H15FN6O2/c1-10(21-7-2-5-18-21)14(23)17-6-8-22-15(24)12-9-11(16)3-4-13(12)19-20-22/h2-5,7,9-10H,6,8H2,1H3,(H,17,23). The molecule has 24 heavy (non-hydrogen) atoms. The number of nitrogens with zero attached hydrogens (tertiary/aromatic N) is 5. The lowest BCUT2D eigenvalue weighted by Gasteiger charge is -2.12. The Labute approximate surface area is 135 Å². The molecule has 0 radical (unpaired) electrons. The van der Waals surface area contributed by atoms with Crippen molar-refractivity contribution in [2.45, 2.75) is 19.5 Å². The van der Waals surface area contributed by atoms with Gasteiger partial charge in [-0.3, -0.25) is 14.3 Å². The van der Waals surface area contributed by atoms with Gasteiger partial charge in [-0.05, 0) is 31.2 Å². The summed E-state index contributed by atoms with van der Waals surface area (Å²) in [5.74, 6) is -0.743. The summed E-state index contributed by atoms with van der Waals surface area (Å²) in [6.07, 6.45) is 3.28. The molecule has 1 unspecified atom stereocenters.